The van der Waals surface area contributed by atoms with E-state index in [2.05, 4.69) is 64.8 Å². The van der Waals surface area contributed by atoms with Crippen LogP contribution in [0.25, 0.3) is 16.6 Å². The van der Waals surface area contributed by atoms with Crippen molar-refractivity contribution in [2.24, 2.45) is 5.41 Å². The molecule has 0 bridgehead atoms. The minimum absolute atomic E-state index is 0.347. The lowest BCUT2D eigenvalue weighted by molar-refractivity contribution is 0.112. The van der Waals surface area contributed by atoms with E-state index in [4.69, 9.17) is 4.74 Å². The molecule has 0 unspecified atom stereocenters. The fourth-order valence-electron chi connectivity index (χ4n) is 6.01. The predicted octanol–water partition coefficient (Wildman–Crippen LogP) is 7.26. The highest BCUT2D eigenvalue weighted by Gasteiger charge is 2.29. The molecule has 1 N–H and O–H groups in total. The fourth-order valence-corrected chi connectivity index (χ4v) is 6.01. The summed E-state index contributed by atoms with van der Waals surface area (Å²) in [6, 6.07) is 18.9. The molecule has 2 aromatic heterocycles. The highest BCUT2D eigenvalue weighted by molar-refractivity contribution is 5.81. The van der Waals surface area contributed by atoms with E-state index in [9.17, 15) is 4.79 Å². The maximum absolute atomic E-state index is 11.8. The lowest BCUT2D eigenvalue weighted by Crippen LogP contribution is -2.47. The summed E-state index contributed by atoms with van der Waals surface area (Å²) in [5, 5.41) is 0.972. The van der Waals surface area contributed by atoms with Crippen molar-refractivity contribution >= 4 is 28.6 Å². The summed E-state index contributed by atoms with van der Waals surface area (Å²) in [5.74, 6) is 1.18. The number of allylic oxidation sites excluding steroid dienone is 1. The summed E-state index contributed by atoms with van der Waals surface area (Å²) in [5.41, 5.74) is 8.63. The number of carbonyl (C=O) groups is 1. The zero-order chi connectivity index (χ0) is 27.7. The summed E-state index contributed by atoms with van der Waals surface area (Å²) >= 11 is 0. The molecule has 0 spiro atoms. The second kappa shape index (κ2) is 10.9. The standard InChI is InChI=1S/C34H38N4O2/c1-24-4-6-25(7-5-24)31-20-34(2,3)12-10-27(31)22-37-14-16-38(17-15-37)29-9-8-28(23-39)32(19-29)40-30-18-26-11-13-35-33(26)36-21-30/h4-9,11,13,18-19,21,23H,10,12,14-17,20,22H2,1-3H3,(H,35,36). The topological polar surface area (TPSA) is 61.5 Å². The molecule has 1 aliphatic carbocycles. The van der Waals surface area contributed by atoms with Crippen LogP contribution in [0.1, 0.15) is 54.6 Å². The van der Waals surface area contributed by atoms with E-state index in [1.54, 1.807) is 17.3 Å². The van der Waals surface area contributed by atoms with Crippen LogP contribution in [0.15, 0.2) is 72.6 Å². The number of aldehydes is 1. The average molecular weight is 535 g/mol. The molecule has 0 saturated carbocycles. The van der Waals surface area contributed by atoms with Gasteiger partial charge >= 0.3 is 0 Å². The molecule has 6 nitrogen and oxygen atoms in total. The van der Waals surface area contributed by atoms with Crippen LogP contribution < -0.4 is 9.64 Å². The molecule has 2 aliphatic rings. The number of aryl methyl sites for hydroxylation is 1. The Morgan fingerprint density at radius 1 is 1.02 bits per heavy atom. The number of fused-ring (bicyclic) bond motifs is 1. The van der Waals surface area contributed by atoms with Crippen molar-refractivity contribution in [1.29, 1.82) is 0 Å². The number of piperazine rings is 1. The van der Waals surface area contributed by atoms with E-state index in [0.717, 1.165) is 62.2 Å². The van der Waals surface area contributed by atoms with Crippen LogP contribution >= 0.6 is 0 Å². The number of aromatic nitrogens is 2. The molecule has 6 rings (SSSR count). The highest BCUT2D eigenvalue weighted by Crippen LogP contribution is 2.43. The van der Waals surface area contributed by atoms with Crippen molar-refractivity contribution in [2.75, 3.05) is 37.6 Å². The number of nitrogens with zero attached hydrogens (tertiary/aromatic N) is 3. The van der Waals surface area contributed by atoms with Gasteiger partial charge in [0.15, 0.2) is 6.29 Å². The van der Waals surface area contributed by atoms with Crippen molar-refractivity contribution in [3.05, 3.63) is 89.3 Å². The lowest BCUT2D eigenvalue weighted by Gasteiger charge is -2.39. The van der Waals surface area contributed by atoms with Gasteiger partial charge < -0.3 is 14.6 Å². The van der Waals surface area contributed by atoms with Gasteiger partial charge in [0.05, 0.1) is 11.8 Å². The normalized spacial score (nSPS) is 17.8. The molecule has 3 heterocycles. The molecule has 1 saturated heterocycles. The first-order valence-electron chi connectivity index (χ1n) is 14.3. The first-order valence-corrected chi connectivity index (χ1v) is 14.3. The molecule has 0 atom stereocenters. The van der Waals surface area contributed by atoms with Crippen molar-refractivity contribution in [2.45, 2.75) is 40.0 Å². The summed E-state index contributed by atoms with van der Waals surface area (Å²) in [7, 11) is 0. The third-order valence-electron chi connectivity index (χ3n) is 8.46. The van der Waals surface area contributed by atoms with Crippen LogP contribution in [0.3, 0.4) is 0 Å². The number of benzene rings is 2. The van der Waals surface area contributed by atoms with Crippen molar-refractivity contribution < 1.29 is 9.53 Å². The van der Waals surface area contributed by atoms with E-state index in [0.29, 0.717) is 22.5 Å². The van der Waals surface area contributed by atoms with Gasteiger partial charge in [-0.2, -0.15) is 0 Å². The van der Waals surface area contributed by atoms with E-state index in [-0.39, 0.29) is 0 Å². The molecule has 206 valence electrons. The second-order valence-corrected chi connectivity index (χ2v) is 12.1. The van der Waals surface area contributed by atoms with Gasteiger partial charge in [0.1, 0.15) is 17.1 Å². The van der Waals surface area contributed by atoms with Crippen LogP contribution in [-0.2, 0) is 0 Å². The van der Waals surface area contributed by atoms with Gasteiger partial charge in [-0.25, -0.2) is 4.98 Å². The van der Waals surface area contributed by atoms with Crippen LogP contribution in [0.2, 0.25) is 0 Å². The number of aromatic amines is 1. The zero-order valence-corrected chi connectivity index (χ0v) is 23.7. The number of hydrogen-bond donors (Lipinski definition) is 1. The van der Waals surface area contributed by atoms with Gasteiger partial charge in [0, 0.05) is 56.1 Å². The Balaban J connectivity index is 1.15. The Bertz CT molecular complexity index is 1540. The van der Waals surface area contributed by atoms with E-state index in [1.807, 2.05) is 36.5 Å². The fraction of sp³-hybridized carbons (Fsp3) is 0.353. The van der Waals surface area contributed by atoms with Crippen molar-refractivity contribution in [1.82, 2.24) is 14.9 Å². The minimum atomic E-state index is 0.347. The first kappa shape index (κ1) is 26.3. The number of anilines is 1. The maximum atomic E-state index is 11.8. The molecule has 40 heavy (non-hydrogen) atoms. The van der Waals surface area contributed by atoms with Crippen LogP contribution in [-0.4, -0.2) is 53.9 Å². The Morgan fingerprint density at radius 3 is 2.60 bits per heavy atom. The van der Waals surface area contributed by atoms with E-state index >= 15 is 0 Å². The molecule has 0 radical (unpaired) electrons. The minimum Gasteiger partial charge on any atom is -0.455 e. The number of ether oxygens (including phenoxy) is 1. The van der Waals surface area contributed by atoms with Crippen molar-refractivity contribution in [3.63, 3.8) is 0 Å². The number of rotatable bonds is 7. The molecule has 1 fully saturated rings. The average Bonchev–Trinajstić information content (AvgIpc) is 3.43. The molecular weight excluding hydrogens is 496 g/mol. The van der Waals surface area contributed by atoms with Gasteiger partial charge in [0.25, 0.3) is 0 Å². The molecule has 4 aromatic rings. The molecule has 2 aromatic carbocycles. The lowest BCUT2D eigenvalue weighted by atomic mass is 9.72. The van der Waals surface area contributed by atoms with Crippen molar-refractivity contribution in [3.8, 4) is 11.5 Å². The molecule has 1 aliphatic heterocycles. The highest BCUT2D eigenvalue weighted by atomic mass is 16.5. The number of pyridine rings is 1. The summed E-state index contributed by atoms with van der Waals surface area (Å²) in [4.78, 5) is 24.3. The number of nitrogens with one attached hydrogen (secondary N) is 1. The summed E-state index contributed by atoms with van der Waals surface area (Å²) in [6.45, 7) is 11.9. The van der Waals surface area contributed by atoms with Gasteiger partial charge in [-0.1, -0.05) is 49.2 Å². The monoisotopic (exact) mass is 534 g/mol. The van der Waals surface area contributed by atoms with Crippen LogP contribution in [0, 0.1) is 12.3 Å². The molecule has 0 amide bonds. The Morgan fingerprint density at radius 2 is 1.82 bits per heavy atom. The Kier molecular flexibility index (Phi) is 7.20. The maximum Gasteiger partial charge on any atom is 0.153 e. The quantitative estimate of drug-likeness (QED) is 0.253. The van der Waals surface area contributed by atoms with Gasteiger partial charge in [-0.05, 0) is 67.0 Å². The first-order chi connectivity index (χ1) is 19.4. The Labute approximate surface area is 236 Å². The van der Waals surface area contributed by atoms with E-state index < -0.39 is 0 Å². The largest absolute Gasteiger partial charge is 0.455 e. The van der Waals surface area contributed by atoms with Gasteiger partial charge in [-0.3, -0.25) is 9.69 Å². The number of carbonyl (C=O) groups excluding carboxylic acids is 1. The number of hydrogen-bond acceptors (Lipinski definition) is 5. The number of H-pyrrole nitrogens is 1. The second-order valence-electron chi connectivity index (χ2n) is 12.1. The Hall–Kier alpha value is -3.90. The van der Waals surface area contributed by atoms with Crippen LogP contribution in [0.4, 0.5) is 5.69 Å². The SMILES string of the molecule is Cc1ccc(C2=C(CN3CCN(c4ccc(C=O)c(Oc5cnc6[nH]ccc6c5)c4)CC3)CCC(C)(C)C2)cc1. The third kappa shape index (κ3) is 5.68. The molecular formula is C34H38N4O2. The molecule has 6 heteroatoms. The summed E-state index contributed by atoms with van der Waals surface area (Å²) < 4.78 is 6.16. The van der Waals surface area contributed by atoms with E-state index in [1.165, 1.54) is 24.0 Å². The predicted molar refractivity (Wildman–Crippen MR) is 162 cm³/mol. The third-order valence-corrected chi connectivity index (χ3v) is 8.46. The van der Waals surface area contributed by atoms with Gasteiger partial charge in [-0.15, -0.1) is 0 Å². The summed E-state index contributed by atoms with van der Waals surface area (Å²) in [6.07, 6.45) is 7.95. The smallest absolute Gasteiger partial charge is 0.153 e. The zero-order valence-electron chi connectivity index (χ0n) is 23.7. The van der Waals surface area contributed by atoms with Gasteiger partial charge in [0.2, 0.25) is 0 Å². The van der Waals surface area contributed by atoms with Crippen LogP contribution in [0.5, 0.6) is 11.5 Å².